The molecule has 132 valence electrons. The summed E-state index contributed by atoms with van der Waals surface area (Å²) in [6, 6.07) is 10.4. The Morgan fingerprint density at radius 3 is 2.31 bits per heavy atom. The fourth-order valence-corrected chi connectivity index (χ4v) is 2.16. The molecule has 3 aromatic rings. The van der Waals surface area contributed by atoms with Gasteiger partial charge < -0.3 is 20.4 Å². The molecule has 8 heteroatoms. The summed E-state index contributed by atoms with van der Waals surface area (Å²) in [5.74, 6) is 0.786. The van der Waals surface area contributed by atoms with Gasteiger partial charge in [-0.3, -0.25) is 9.59 Å². The monoisotopic (exact) mass is 351 g/mol. The first kappa shape index (κ1) is 17.2. The zero-order chi connectivity index (χ0) is 18.4. The molecular weight excluding hydrogens is 334 g/mol. The summed E-state index contributed by atoms with van der Waals surface area (Å²) in [5.41, 5.74) is 1.44. The molecule has 0 saturated heterocycles. The topological polar surface area (TPSA) is 109 Å². The van der Waals surface area contributed by atoms with E-state index in [2.05, 4.69) is 25.9 Å². The zero-order valence-electron chi connectivity index (χ0n) is 14.0. The number of carbonyl (C=O) groups excluding carboxylic acids is 2. The molecule has 8 nitrogen and oxygen atoms in total. The zero-order valence-corrected chi connectivity index (χ0v) is 14.0. The van der Waals surface area contributed by atoms with E-state index in [-0.39, 0.29) is 17.5 Å². The Labute approximate surface area is 149 Å². The molecule has 0 spiro atoms. The Morgan fingerprint density at radius 1 is 1.00 bits per heavy atom. The smallest absolute Gasteiger partial charge is 0.275 e. The van der Waals surface area contributed by atoms with Crippen molar-refractivity contribution in [1.82, 2.24) is 9.97 Å². The molecule has 26 heavy (non-hydrogen) atoms. The minimum Gasteiger partial charge on any atom is -0.467 e. The number of anilines is 3. The summed E-state index contributed by atoms with van der Waals surface area (Å²) in [4.78, 5) is 31.5. The Bertz CT molecular complexity index is 874. The molecule has 0 fully saturated rings. The largest absolute Gasteiger partial charge is 0.467 e. The average molecular weight is 351 g/mol. The highest BCUT2D eigenvalue weighted by Crippen LogP contribution is 2.14. The summed E-state index contributed by atoms with van der Waals surface area (Å²) >= 11 is 0. The minimum atomic E-state index is -0.373. The second-order valence-corrected chi connectivity index (χ2v) is 5.43. The summed E-state index contributed by atoms with van der Waals surface area (Å²) < 4.78 is 5.22. The maximum atomic E-state index is 12.2. The van der Waals surface area contributed by atoms with E-state index >= 15 is 0 Å². The Morgan fingerprint density at radius 2 is 1.73 bits per heavy atom. The van der Waals surface area contributed by atoms with Crippen LogP contribution in [0.4, 0.5) is 17.2 Å². The van der Waals surface area contributed by atoms with Crippen LogP contribution in [0, 0.1) is 0 Å². The van der Waals surface area contributed by atoms with Crippen LogP contribution in [-0.4, -0.2) is 21.8 Å². The van der Waals surface area contributed by atoms with Crippen LogP contribution in [0.3, 0.4) is 0 Å². The number of hydrogen-bond donors (Lipinski definition) is 3. The van der Waals surface area contributed by atoms with Gasteiger partial charge in [-0.05, 0) is 36.4 Å². The minimum absolute atomic E-state index is 0.155. The van der Waals surface area contributed by atoms with Crippen molar-refractivity contribution < 1.29 is 14.0 Å². The highest BCUT2D eigenvalue weighted by molar-refractivity contribution is 6.02. The molecule has 0 aliphatic carbocycles. The lowest BCUT2D eigenvalue weighted by molar-refractivity contribution is -0.114. The Kier molecular flexibility index (Phi) is 5.23. The van der Waals surface area contributed by atoms with Gasteiger partial charge in [0.05, 0.1) is 25.2 Å². The lowest BCUT2D eigenvalue weighted by atomic mass is 10.2. The van der Waals surface area contributed by atoms with Gasteiger partial charge in [-0.25, -0.2) is 9.97 Å². The number of rotatable bonds is 6. The third-order valence-corrected chi connectivity index (χ3v) is 3.37. The average Bonchev–Trinajstić information content (AvgIpc) is 3.15. The maximum absolute atomic E-state index is 12.2. The maximum Gasteiger partial charge on any atom is 0.275 e. The van der Waals surface area contributed by atoms with Crippen molar-refractivity contribution in [3.63, 3.8) is 0 Å². The third-order valence-electron chi connectivity index (χ3n) is 3.37. The van der Waals surface area contributed by atoms with Crippen LogP contribution in [0.5, 0.6) is 0 Å². The second-order valence-electron chi connectivity index (χ2n) is 5.43. The van der Waals surface area contributed by atoms with Crippen molar-refractivity contribution in [3.8, 4) is 0 Å². The molecule has 2 aromatic heterocycles. The molecule has 3 N–H and O–H groups in total. The van der Waals surface area contributed by atoms with Crippen molar-refractivity contribution in [2.75, 3.05) is 16.0 Å². The van der Waals surface area contributed by atoms with Crippen molar-refractivity contribution in [2.45, 2.75) is 13.5 Å². The third kappa shape index (κ3) is 4.67. The highest BCUT2D eigenvalue weighted by Gasteiger charge is 2.09. The molecule has 0 unspecified atom stereocenters. The number of carbonyl (C=O) groups is 2. The molecule has 0 radical (unpaired) electrons. The number of hydrogen-bond acceptors (Lipinski definition) is 6. The molecule has 3 rings (SSSR count). The standard InChI is InChI=1S/C18H17N5O3/c1-12(24)22-13-4-6-14(7-5-13)23-18(25)16-10-21-17(11-19-16)20-9-15-3-2-8-26-15/h2-8,10-11H,9H2,1H3,(H,20,21)(H,22,24)(H,23,25). The summed E-state index contributed by atoms with van der Waals surface area (Å²) in [7, 11) is 0. The van der Waals surface area contributed by atoms with Gasteiger partial charge in [0.15, 0.2) is 0 Å². The number of nitrogens with zero attached hydrogens (tertiary/aromatic N) is 2. The van der Waals surface area contributed by atoms with Crippen molar-refractivity contribution in [2.24, 2.45) is 0 Å². The molecule has 2 heterocycles. The van der Waals surface area contributed by atoms with E-state index in [1.54, 1.807) is 36.6 Å². The predicted molar refractivity (Wildman–Crippen MR) is 96.8 cm³/mol. The van der Waals surface area contributed by atoms with E-state index in [9.17, 15) is 9.59 Å². The normalized spacial score (nSPS) is 10.2. The van der Waals surface area contributed by atoms with E-state index in [1.807, 2.05) is 6.07 Å². The number of nitrogens with one attached hydrogen (secondary N) is 3. The SMILES string of the molecule is CC(=O)Nc1ccc(NC(=O)c2cnc(NCc3ccco3)cn2)cc1. The van der Waals surface area contributed by atoms with Crippen molar-refractivity contribution in [3.05, 3.63) is 66.5 Å². The number of amides is 2. The highest BCUT2D eigenvalue weighted by atomic mass is 16.3. The number of benzene rings is 1. The molecular formula is C18H17N5O3. The molecule has 0 saturated carbocycles. The van der Waals surface area contributed by atoms with Gasteiger partial charge in [0, 0.05) is 18.3 Å². The van der Waals surface area contributed by atoms with Crippen LogP contribution in [0.25, 0.3) is 0 Å². The van der Waals surface area contributed by atoms with E-state index in [4.69, 9.17) is 4.42 Å². The molecule has 0 atom stereocenters. The van der Waals surface area contributed by atoms with Crippen molar-refractivity contribution in [1.29, 1.82) is 0 Å². The Hall–Kier alpha value is -3.68. The van der Waals surface area contributed by atoms with Crippen LogP contribution in [-0.2, 0) is 11.3 Å². The van der Waals surface area contributed by atoms with Crippen LogP contribution in [0.2, 0.25) is 0 Å². The lowest BCUT2D eigenvalue weighted by Crippen LogP contribution is -2.14. The second kappa shape index (κ2) is 7.93. The lowest BCUT2D eigenvalue weighted by Gasteiger charge is -2.07. The Balaban J connectivity index is 1.56. The fraction of sp³-hybridized carbons (Fsp3) is 0.111. The first-order valence-electron chi connectivity index (χ1n) is 7.87. The van der Waals surface area contributed by atoms with E-state index < -0.39 is 0 Å². The van der Waals surface area contributed by atoms with E-state index in [0.717, 1.165) is 5.76 Å². The van der Waals surface area contributed by atoms with Gasteiger partial charge in [-0.15, -0.1) is 0 Å². The summed E-state index contributed by atoms with van der Waals surface area (Å²) in [6.45, 7) is 1.91. The summed E-state index contributed by atoms with van der Waals surface area (Å²) in [5, 5.41) is 8.43. The number of furan rings is 1. The molecule has 0 aliphatic heterocycles. The quantitative estimate of drug-likeness (QED) is 0.630. The van der Waals surface area contributed by atoms with Crippen LogP contribution in [0.15, 0.2) is 59.5 Å². The van der Waals surface area contributed by atoms with Gasteiger partial charge in [-0.1, -0.05) is 0 Å². The summed E-state index contributed by atoms with van der Waals surface area (Å²) in [6.07, 6.45) is 4.47. The number of aromatic nitrogens is 2. The van der Waals surface area contributed by atoms with E-state index in [0.29, 0.717) is 23.7 Å². The van der Waals surface area contributed by atoms with Crippen LogP contribution in [0.1, 0.15) is 23.2 Å². The van der Waals surface area contributed by atoms with E-state index in [1.165, 1.54) is 19.3 Å². The first-order chi connectivity index (χ1) is 12.6. The van der Waals surface area contributed by atoms with Gasteiger partial charge in [-0.2, -0.15) is 0 Å². The fourth-order valence-electron chi connectivity index (χ4n) is 2.16. The van der Waals surface area contributed by atoms with Gasteiger partial charge >= 0.3 is 0 Å². The molecule has 2 amide bonds. The first-order valence-corrected chi connectivity index (χ1v) is 7.87. The predicted octanol–water partition coefficient (Wildman–Crippen LogP) is 2.89. The van der Waals surface area contributed by atoms with Gasteiger partial charge in [0.25, 0.3) is 5.91 Å². The van der Waals surface area contributed by atoms with Crippen LogP contribution < -0.4 is 16.0 Å². The molecule has 0 bridgehead atoms. The molecule has 1 aromatic carbocycles. The van der Waals surface area contributed by atoms with Crippen molar-refractivity contribution >= 4 is 29.0 Å². The van der Waals surface area contributed by atoms with Gasteiger partial charge in [0.1, 0.15) is 17.3 Å². The van der Waals surface area contributed by atoms with Crippen LogP contribution >= 0.6 is 0 Å². The van der Waals surface area contributed by atoms with Gasteiger partial charge in [0.2, 0.25) is 5.91 Å². The molecule has 0 aliphatic rings.